The van der Waals surface area contributed by atoms with Crippen molar-refractivity contribution in [3.05, 3.63) is 76.6 Å². The predicted octanol–water partition coefficient (Wildman–Crippen LogP) is 4.36. The Labute approximate surface area is 142 Å². The van der Waals surface area contributed by atoms with E-state index in [9.17, 15) is 4.79 Å². The highest BCUT2D eigenvalue weighted by Crippen LogP contribution is 2.19. The molecular formula is C20H21N3O. The smallest absolute Gasteiger partial charge is 0.259 e. The highest BCUT2D eigenvalue weighted by Gasteiger charge is 2.16. The molecule has 0 saturated carbocycles. The van der Waals surface area contributed by atoms with Crippen LogP contribution >= 0.6 is 0 Å². The first-order chi connectivity index (χ1) is 11.5. The van der Waals surface area contributed by atoms with E-state index < -0.39 is 0 Å². The summed E-state index contributed by atoms with van der Waals surface area (Å²) < 4.78 is 1.80. The van der Waals surface area contributed by atoms with Crippen molar-refractivity contribution >= 4 is 11.6 Å². The third kappa shape index (κ3) is 3.08. The fraction of sp³-hybridized carbons (Fsp3) is 0.200. The van der Waals surface area contributed by atoms with Crippen molar-refractivity contribution in [2.75, 3.05) is 5.32 Å². The molecule has 122 valence electrons. The normalized spacial score (nSPS) is 10.7. The predicted molar refractivity (Wildman–Crippen MR) is 96.9 cm³/mol. The summed E-state index contributed by atoms with van der Waals surface area (Å²) in [7, 11) is 0. The van der Waals surface area contributed by atoms with Gasteiger partial charge >= 0.3 is 0 Å². The van der Waals surface area contributed by atoms with E-state index in [4.69, 9.17) is 0 Å². The highest BCUT2D eigenvalue weighted by molar-refractivity contribution is 6.05. The van der Waals surface area contributed by atoms with Crippen LogP contribution in [-0.2, 0) is 0 Å². The topological polar surface area (TPSA) is 46.9 Å². The molecule has 1 heterocycles. The van der Waals surface area contributed by atoms with Crippen LogP contribution in [0.25, 0.3) is 5.69 Å². The maximum absolute atomic E-state index is 12.6. The molecule has 0 radical (unpaired) electrons. The maximum atomic E-state index is 12.6. The lowest BCUT2D eigenvalue weighted by Crippen LogP contribution is -2.14. The van der Waals surface area contributed by atoms with Crippen molar-refractivity contribution in [2.24, 2.45) is 0 Å². The minimum Gasteiger partial charge on any atom is -0.322 e. The van der Waals surface area contributed by atoms with Gasteiger partial charge in [-0.05, 0) is 57.0 Å². The summed E-state index contributed by atoms with van der Waals surface area (Å²) in [6, 6.07) is 14.0. The van der Waals surface area contributed by atoms with Crippen LogP contribution in [0.3, 0.4) is 0 Å². The number of rotatable bonds is 3. The van der Waals surface area contributed by atoms with E-state index in [1.165, 1.54) is 5.56 Å². The summed E-state index contributed by atoms with van der Waals surface area (Å²) in [6.07, 6.45) is 1.62. The summed E-state index contributed by atoms with van der Waals surface area (Å²) in [5.41, 5.74) is 6.57. The number of hydrogen-bond acceptors (Lipinski definition) is 2. The van der Waals surface area contributed by atoms with Crippen LogP contribution in [0, 0.1) is 27.7 Å². The fourth-order valence-electron chi connectivity index (χ4n) is 2.80. The van der Waals surface area contributed by atoms with Crippen molar-refractivity contribution in [3.63, 3.8) is 0 Å². The first-order valence-corrected chi connectivity index (χ1v) is 7.96. The van der Waals surface area contributed by atoms with Gasteiger partial charge in [0.1, 0.15) is 0 Å². The average Bonchev–Trinajstić information content (AvgIpc) is 2.92. The maximum Gasteiger partial charge on any atom is 0.259 e. The fourth-order valence-corrected chi connectivity index (χ4v) is 2.80. The second-order valence-electron chi connectivity index (χ2n) is 6.17. The number of nitrogens with one attached hydrogen (secondary N) is 1. The van der Waals surface area contributed by atoms with E-state index in [0.29, 0.717) is 5.56 Å². The van der Waals surface area contributed by atoms with Crippen LogP contribution in [0.15, 0.2) is 48.7 Å². The number of aryl methyl sites for hydroxylation is 3. The Hall–Kier alpha value is -2.88. The first kappa shape index (κ1) is 16.0. The van der Waals surface area contributed by atoms with Gasteiger partial charge in [-0.3, -0.25) is 4.79 Å². The van der Waals surface area contributed by atoms with Crippen molar-refractivity contribution in [1.82, 2.24) is 9.78 Å². The zero-order chi connectivity index (χ0) is 17.3. The molecule has 3 aromatic rings. The second kappa shape index (κ2) is 6.32. The molecule has 0 bridgehead atoms. The number of carbonyl (C=O) groups is 1. The van der Waals surface area contributed by atoms with Gasteiger partial charge in [-0.15, -0.1) is 0 Å². The molecule has 1 amide bonds. The number of nitrogens with zero attached hydrogens (tertiary/aromatic N) is 2. The van der Waals surface area contributed by atoms with E-state index in [1.807, 2.05) is 64.1 Å². The van der Waals surface area contributed by atoms with E-state index in [1.54, 1.807) is 10.9 Å². The average molecular weight is 319 g/mol. The lowest BCUT2D eigenvalue weighted by atomic mass is 10.1. The molecule has 1 aromatic heterocycles. The zero-order valence-electron chi connectivity index (χ0n) is 14.4. The van der Waals surface area contributed by atoms with Gasteiger partial charge in [-0.1, -0.05) is 29.8 Å². The molecule has 0 aliphatic rings. The third-order valence-corrected chi connectivity index (χ3v) is 4.13. The quantitative estimate of drug-likeness (QED) is 0.780. The van der Waals surface area contributed by atoms with Gasteiger partial charge in [0, 0.05) is 5.69 Å². The molecule has 3 rings (SSSR count). The second-order valence-corrected chi connectivity index (χ2v) is 6.17. The molecule has 4 heteroatoms. The summed E-state index contributed by atoms with van der Waals surface area (Å²) in [6.45, 7) is 7.97. The van der Waals surface area contributed by atoms with E-state index >= 15 is 0 Å². The number of hydrogen-bond donors (Lipinski definition) is 1. The molecule has 0 fully saturated rings. The van der Waals surface area contributed by atoms with Crippen LogP contribution in [0.1, 0.15) is 32.7 Å². The van der Waals surface area contributed by atoms with Gasteiger partial charge in [-0.2, -0.15) is 5.10 Å². The Morgan fingerprint density at radius 2 is 1.75 bits per heavy atom. The number of carbonyl (C=O) groups excluding carboxylic acids is 1. The lowest BCUT2D eigenvalue weighted by Gasteiger charge is -2.09. The number of amides is 1. The van der Waals surface area contributed by atoms with Gasteiger partial charge in [0.2, 0.25) is 0 Å². The Kier molecular flexibility index (Phi) is 4.21. The minimum atomic E-state index is -0.140. The lowest BCUT2D eigenvalue weighted by molar-refractivity contribution is 0.102. The SMILES string of the molecule is Cc1cccc(-n2ncc(C(=O)Nc3ccc(C)cc3C)c2C)c1. The standard InChI is InChI=1S/C20H21N3O/c1-13-6-5-7-17(11-13)23-16(4)18(12-21-23)20(24)22-19-9-8-14(2)10-15(19)3/h5-12H,1-4H3,(H,22,24). The van der Waals surface area contributed by atoms with Gasteiger partial charge in [0.15, 0.2) is 0 Å². The summed E-state index contributed by atoms with van der Waals surface area (Å²) in [5, 5.41) is 7.36. The number of benzene rings is 2. The van der Waals surface area contributed by atoms with Gasteiger partial charge in [0.05, 0.1) is 23.1 Å². The number of aromatic nitrogens is 2. The Morgan fingerprint density at radius 3 is 2.46 bits per heavy atom. The largest absolute Gasteiger partial charge is 0.322 e. The molecule has 0 aliphatic heterocycles. The summed E-state index contributed by atoms with van der Waals surface area (Å²) >= 11 is 0. The third-order valence-electron chi connectivity index (χ3n) is 4.13. The van der Waals surface area contributed by atoms with Crippen molar-refractivity contribution in [1.29, 1.82) is 0 Å². The molecule has 2 aromatic carbocycles. The Balaban J connectivity index is 1.89. The Bertz CT molecular complexity index is 909. The molecule has 0 atom stereocenters. The van der Waals surface area contributed by atoms with Gasteiger partial charge in [-0.25, -0.2) is 4.68 Å². The monoisotopic (exact) mass is 319 g/mol. The molecular weight excluding hydrogens is 298 g/mol. The first-order valence-electron chi connectivity index (χ1n) is 7.96. The molecule has 0 spiro atoms. The van der Waals surface area contributed by atoms with Gasteiger partial charge < -0.3 is 5.32 Å². The van der Waals surface area contributed by atoms with Crippen LogP contribution in [0.2, 0.25) is 0 Å². The van der Waals surface area contributed by atoms with E-state index in [2.05, 4.69) is 16.5 Å². The van der Waals surface area contributed by atoms with E-state index in [0.717, 1.165) is 28.2 Å². The molecule has 0 saturated heterocycles. The summed E-state index contributed by atoms with van der Waals surface area (Å²) in [4.78, 5) is 12.6. The summed E-state index contributed by atoms with van der Waals surface area (Å²) in [5.74, 6) is -0.140. The van der Waals surface area contributed by atoms with Crippen molar-refractivity contribution in [2.45, 2.75) is 27.7 Å². The van der Waals surface area contributed by atoms with Crippen LogP contribution < -0.4 is 5.32 Å². The molecule has 0 unspecified atom stereocenters. The van der Waals surface area contributed by atoms with Crippen molar-refractivity contribution < 1.29 is 4.79 Å². The molecule has 4 nitrogen and oxygen atoms in total. The van der Waals surface area contributed by atoms with Crippen molar-refractivity contribution in [3.8, 4) is 5.69 Å². The van der Waals surface area contributed by atoms with Crippen LogP contribution in [0.4, 0.5) is 5.69 Å². The minimum absolute atomic E-state index is 0.140. The zero-order valence-corrected chi connectivity index (χ0v) is 14.4. The molecule has 1 N–H and O–H groups in total. The van der Waals surface area contributed by atoms with Gasteiger partial charge in [0.25, 0.3) is 5.91 Å². The Morgan fingerprint density at radius 1 is 1.00 bits per heavy atom. The highest BCUT2D eigenvalue weighted by atomic mass is 16.1. The number of anilines is 1. The van der Waals surface area contributed by atoms with Crippen LogP contribution in [0.5, 0.6) is 0 Å². The van der Waals surface area contributed by atoms with E-state index in [-0.39, 0.29) is 5.91 Å². The van der Waals surface area contributed by atoms with Crippen LogP contribution in [-0.4, -0.2) is 15.7 Å². The molecule has 24 heavy (non-hydrogen) atoms. The molecule has 0 aliphatic carbocycles.